The summed E-state index contributed by atoms with van der Waals surface area (Å²) in [5.74, 6) is 1.35. The summed E-state index contributed by atoms with van der Waals surface area (Å²) in [6.07, 6.45) is 1.67. The molecule has 0 fully saturated rings. The molecule has 1 aromatic heterocycles. The second-order valence-electron chi connectivity index (χ2n) is 3.75. The third-order valence-electron chi connectivity index (χ3n) is 1.34. The number of hydrogen-bond donors (Lipinski definition) is 0. The van der Waals surface area contributed by atoms with Crippen LogP contribution in [0.2, 0.25) is 0 Å². The summed E-state index contributed by atoms with van der Waals surface area (Å²) < 4.78 is 10.6. The van der Waals surface area contributed by atoms with Crippen molar-refractivity contribution in [3.8, 4) is 11.6 Å². The van der Waals surface area contributed by atoms with Gasteiger partial charge in [0.1, 0.15) is 11.4 Å². The number of rotatable bonds is 2. The Hall–Kier alpha value is -1.25. The van der Waals surface area contributed by atoms with Gasteiger partial charge in [-0.15, -0.1) is 0 Å². The number of pyridine rings is 1. The minimum absolute atomic E-state index is 0.188. The molecule has 0 saturated heterocycles. The summed E-state index contributed by atoms with van der Waals surface area (Å²) in [6, 6.07) is 3.58. The highest BCUT2D eigenvalue weighted by atomic mass is 16.5. The van der Waals surface area contributed by atoms with E-state index < -0.39 is 0 Å². The average Bonchev–Trinajstić information content (AvgIpc) is 2.01. The van der Waals surface area contributed by atoms with Crippen molar-refractivity contribution in [3.05, 3.63) is 18.3 Å². The second-order valence-corrected chi connectivity index (χ2v) is 3.75. The van der Waals surface area contributed by atoms with Crippen LogP contribution in [0.5, 0.6) is 11.6 Å². The van der Waals surface area contributed by atoms with Gasteiger partial charge < -0.3 is 9.47 Å². The van der Waals surface area contributed by atoms with Gasteiger partial charge >= 0.3 is 0 Å². The fourth-order valence-corrected chi connectivity index (χ4v) is 0.920. The normalized spacial score (nSPS) is 11.1. The van der Waals surface area contributed by atoms with E-state index in [4.69, 9.17) is 9.47 Å². The zero-order valence-corrected chi connectivity index (χ0v) is 8.50. The van der Waals surface area contributed by atoms with Crippen LogP contribution in [0.4, 0.5) is 0 Å². The van der Waals surface area contributed by atoms with Crippen LogP contribution in [0.1, 0.15) is 20.8 Å². The molecule has 0 amide bonds. The Balaban J connectivity index is 2.78. The van der Waals surface area contributed by atoms with Gasteiger partial charge in [-0.25, -0.2) is 4.98 Å². The molecule has 0 atom stereocenters. The summed E-state index contributed by atoms with van der Waals surface area (Å²) in [6.45, 7) is 6.00. The third-order valence-corrected chi connectivity index (χ3v) is 1.34. The number of nitrogens with zero attached hydrogens (tertiary/aromatic N) is 1. The Morgan fingerprint density at radius 1 is 1.31 bits per heavy atom. The first-order valence-electron chi connectivity index (χ1n) is 4.20. The van der Waals surface area contributed by atoms with Gasteiger partial charge in [-0.3, -0.25) is 0 Å². The quantitative estimate of drug-likeness (QED) is 0.701. The number of aromatic nitrogens is 1. The molecular formula is C10H15NO2. The molecule has 0 bridgehead atoms. The smallest absolute Gasteiger partial charge is 0.216 e. The molecule has 0 N–H and O–H groups in total. The summed E-state index contributed by atoms with van der Waals surface area (Å²) in [4.78, 5) is 3.99. The van der Waals surface area contributed by atoms with Crippen LogP contribution in [0.15, 0.2) is 18.3 Å². The molecule has 3 heteroatoms. The van der Waals surface area contributed by atoms with E-state index in [-0.39, 0.29) is 5.60 Å². The molecule has 72 valence electrons. The van der Waals surface area contributed by atoms with Crippen LogP contribution in [-0.2, 0) is 0 Å². The minimum Gasteiger partial charge on any atom is -0.488 e. The van der Waals surface area contributed by atoms with E-state index in [1.807, 2.05) is 26.8 Å². The largest absolute Gasteiger partial charge is 0.488 e. The fraction of sp³-hybridized carbons (Fsp3) is 0.500. The van der Waals surface area contributed by atoms with E-state index in [1.165, 1.54) is 0 Å². The summed E-state index contributed by atoms with van der Waals surface area (Å²) in [5.41, 5.74) is -0.188. The molecule has 13 heavy (non-hydrogen) atoms. The maximum atomic E-state index is 5.62. The zero-order chi connectivity index (χ0) is 9.90. The zero-order valence-electron chi connectivity index (χ0n) is 8.50. The first-order valence-corrected chi connectivity index (χ1v) is 4.20. The Kier molecular flexibility index (Phi) is 2.76. The average molecular weight is 181 g/mol. The number of ether oxygens (including phenoxy) is 2. The first kappa shape index (κ1) is 9.84. The minimum atomic E-state index is -0.188. The van der Waals surface area contributed by atoms with Gasteiger partial charge in [0.2, 0.25) is 5.88 Å². The van der Waals surface area contributed by atoms with Crippen LogP contribution in [-0.4, -0.2) is 17.7 Å². The highest BCUT2D eigenvalue weighted by Gasteiger charge is 2.11. The highest BCUT2D eigenvalue weighted by Crippen LogP contribution is 2.20. The van der Waals surface area contributed by atoms with Crippen LogP contribution >= 0.6 is 0 Å². The monoisotopic (exact) mass is 181 g/mol. The lowest BCUT2D eigenvalue weighted by atomic mass is 10.2. The standard InChI is InChI=1S/C10H15NO2/c1-10(2,3)13-8-5-6-11-9(7-8)12-4/h5-7H,1-4H3. The third kappa shape index (κ3) is 3.32. The first-order chi connectivity index (χ1) is 6.01. The van der Waals surface area contributed by atoms with E-state index in [2.05, 4.69) is 4.98 Å². The molecule has 0 unspecified atom stereocenters. The van der Waals surface area contributed by atoms with Gasteiger partial charge in [0.05, 0.1) is 7.11 Å². The van der Waals surface area contributed by atoms with Crippen LogP contribution in [0.25, 0.3) is 0 Å². The van der Waals surface area contributed by atoms with E-state index in [0.717, 1.165) is 5.75 Å². The molecule has 0 saturated carbocycles. The van der Waals surface area contributed by atoms with Gasteiger partial charge in [-0.2, -0.15) is 0 Å². The molecule has 0 aliphatic carbocycles. The molecule has 0 radical (unpaired) electrons. The molecule has 0 aromatic carbocycles. The number of hydrogen-bond acceptors (Lipinski definition) is 3. The van der Waals surface area contributed by atoms with Crippen molar-refractivity contribution < 1.29 is 9.47 Å². The molecule has 0 aliphatic rings. The van der Waals surface area contributed by atoms with Crippen molar-refractivity contribution in [1.82, 2.24) is 4.98 Å². The molecule has 1 rings (SSSR count). The molecule has 0 aliphatic heterocycles. The molecule has 0 spiro atoms. The maximum absolute atomic E-state index is 5.62. The second kappa shape index (κ2) is 3.64. The van der Waals surface area contributed by atoms with Crippen molar-refractivity contribution in [2.45, 2.75) is 26.4 Å². The van der Waals surface area contributed by atoms with Crippen LogP contribution in [0.3, 0.4) is 0 Å². The predicted molar refractivity (Wildman–Crippen MR) is 51.2 cm³/mol. The fourth-order valence-electron chi connectivity index (χ4n) is 0.920. The van der Waals surface area contributed by atoms with Gasteiger partial charge in [-0.05, 0) is 26.8 Å². The molecule has 3 nitrogen and oxygen atoms in total. The van der Waals surface area contributed by atoms with E-state index in [1.54, 1.807) is 19.4 Å². The van der Waals surface area contributed by atoms with E-state index in [9.17, 15) is 0 Å². The van der Waals surface area contributed by atoms with Crippen molar-refractivity contribution in [1.29, 1.82) is 0 Å². The van der Waals surface area contributed by atoms with Crippen molar-refractivity contribution in [3.63, 3.8) is 0 Å². The molecule has 1 heterocycles. The Morgan fingerprint density at radius 3 is 2.54 bits per heavy atom. The molecular weight excluding hydrogens is 166 g/mol. The van der Waals surface area contributed by atoms with Gasteiger partial charge in [0.25, 0.3) is 0 Å². The van der Waals surface area contributed by atoms with Gasteiger partial charge in [0.15, 0.2) is 0 Å². The maximum Gasteiger partial charge on any atom is 0.216 e. The Labute approximate surface area is 78.7 Å². The van der Waals surface area contributed by atoms with Crippen LogP contribution < -0.4 is 9.47 Å². The number of methoxy groups -OCH3 is 1. The highest BCUT2D eigenvalue weighted by molar-refractivity contribution is 5.26. The molecule has 1 aromatic rings. The predicted octanol–water partition coefficient (Wildman–Crippen LogP) is 2.27. The summed E-state index contributed by atoms with van der Waals surface area (Å²) in [7, 11) is 1.59. The topological polar surface area (TPSA) is 31.4 Å². The Morgan fingerprint density at radius 2 is 2.00 bits per heavy atom. The lowest BCUT2D eigenvalue weighted by Gasteiger charge is -2.21. The lowest BCUT2D eigenvalue weighted by Crippen LogP contribution is -2.22. The SMILES string of the molecule is COc1cc(OC(C)(C)C)ccn1. The van der Waals surface area contributed by atoms with Crippen molar-refractivity contribution in [2.75, 3.05) is 7.11 Å². The summed E-state index contributed by atoms with van der Waals surface area (Å²) in [5, 5.41) is 0. The van der Waals surface area contributed by atoms with Gasteiger partial charge in [-0.1, -0.05) is 0 Å². The van der Waals surface area contributed by atoms with Crippen LogP contribution in [0, 0.1) is 0 Å². The van der Waals surface area contributed by atoms with E-state index >= 15 is 0 Å². The Bertz CT molecular complexity index is 278. The summed E-state index contributed by atoms with van der Waals surface area (Å²) >= 11 is 0. The van der Waals surface area contributed by atoms with Gasteiger partial charge in [0, 0.05) is 12.3 Å². The van der Waals surface area contributed by atoms with E-state index in [0.29, 0.717) is 5.88 Å². The lowest BCUT2D eigenvalue weighted by molar-refractivity contribution is 0.130. The van der Waals surface area contributed by atoms with Crippen molar-refractivity contribution in [2.24, 2.45) is 0 Å². The van der Waals surface area contributed by atoms with Crippen molar-refractivity contribution >= 4 is 0 Å².